The van der Waals surface area contributed by atoms with Crippen LogP contribution in [0.5, 0.6) is 0 Å². The Morgan fingerprint density at radius 3 is 3.04 bits per heavy atom. The Morgan fingerprint density at radius 2 is 2.20 bits per heavy atom. The maximum absolute atomic E-state index is 12.6. The van der Waals surface area contributed by atoms with Crippen LogP contribution in [0.25, 0.3) is 10.9 Å². The molecule has 1 fully saturated rings. The molecule has 1 aliphatic heterocycles. The summed E-state index contributed by atoms with van der Waals surface area (Å²) >= 11 is 0. The molecular weight excluding hydrogens is 312 g/mol. The van der Waals surface area contributed by atoms with E-state index >= 15 is 0 Å². The Hall–Kier alpha value is -2.69. The van der Waals surface area contributed by atoms with E-state index in [2.05, 4.69) is 34.3 Å². The molecule has 0 radical (unpaired) electrons. The van der Waals surface area contributed by atoms with Gasteiger partial charge in [0.25, 0.3) is 5.91 Å². The van der Waals surface area contributed by atoms with Crippen molar-refractivity contribution >= 4 is 16.8 Å². The maximum Gasteiger partial charge on any atom is 0.274 e. The summed E-state index contributed by atoms with van der Waals surface area (Å²) in [6, 6.07) is 12.3. The summed E-state index contributed by atoms with van der Waals surface area (Å²) in [4.78, 5) is 19.0. The molecule has 1 amide bonds. The van der Waals surface area contributed by atoms with Crippen LogP contribution in [0.4, 0.5) is 0 Å². The Labute approximate surface area is 147 Å². The number of hydrogen-bond donors (Lipinski definition) is 0. The van der Waals surface area contributed by atoms with Crippen LogP contribution in [0.2, 0.25) is 0 Å². The van der Waals surface area contributed by atoms with Gasteiger partial charge in [0, 0.05) is 37.9 Å². The second kappa shape index (κ2) is 6.67. The van der Waals surface area contributed by atoms with E-state index in [0.717, 1.165) is 37.9 Å². The fraction of sp³-hybridized carbons (Fsp3) is 0.350. The second-order valence-electron chi connectivity index (χ2n) is 6.87. The lowest BCUT2D eigenvalue weighted by Gasteiger charge is -2.32. The van der Waals surface area contributed by atoms with Gasteiger partial charge in [0.2, 0.25) is 0 Å². The highest BCUT2D eigenvalue weighted by atomic mass is 16.2. The summed E-state index contributed by atoms with van der Waals surface area (Å²) in [5.74, 6) is 0.545. The number of benzene rings is 1. The molecule has 1 aliphatic rings. The van der Waals surface area contributed by atoms with Crippen molar-refractivity contribution in [2.75, 3.05) is 13.1 Å². The average Bonchev–Trinajstić information content (AvgIpc) is 3.07. The zero-order valence-corrected chi connectivity index (χ0v) is 14.4. The topological polar surface area (TPSA) is 51.0 Å². The van der Waals surface area contributed by atoms with E-state index in [0.29, 0.717) is 11.6 Å². The Kier molecular flexibility index (Phi) is 4.22. The zero-order chi connectivity index (χ0) is 17.2. The number of nitrogens with zero attached hydrogens (tertiary/aromatic N) is 4. The molecule has 3 heterocycles. The minimum Gasteiger partial charge on any atom is -0.337 e. The smallest absolute Gasteiger partial charge is 0.274 e. The van der Waals surface area contributed by atoms with E-state index in [1.807, 2.05) is 30.4 Å². The van der Waals surface area contributed by atoms with Gasteiger partial charge in [-0.1, -0.05) is 12.1 Å². The highest BCUT2D eigenvalue weighted by Gasteiger charge is 2.25. The first kappa shape index (κ1) is 15.8. The first-order valence-corrected chi connectivity index (χ1v) is 8.81. The van der Waals surface area contributed by atoms with E-state index in [9.17, 15) is 4.79 Å². The van der Waals surface area contributed by atoms with Gasteiger partial charge in [-0.15, -0.1) is 0 Å². The molecule has 1 aromatic carbocycles. The van der Waals surface area contributed by atoms with Crippen molar-refractivity contribution in [1.29, 1.82) is 0 Å². The minimum atomic E-state index is 0.0491. The first-order chi connectivity index (χ1) is 12.2. The number of rotatable bonds is 3. The normalized spacial score (nSPS) is 17.8. The monoisotopic (exact) mass is 334 g/mol. The largest absolute Gasteiger partial charge is 0.337 e. The summed E-state index contributed by atoms with van der Waals surface area (Å²) in [5.41, 5.74) is 2.89. The molecule has 0 N–H and O–H groups in total. The van der Waals surface area contributed by atoms with E-state index in [4.69, 9.17) is 0 Å². The van der Waals surface area contributed by atoms with Gasteiger partial charge in [0.1, 0.15) is 5.69 Å². The molecule has 2 aromatic heterocycles. The van der Waals surface area contributed by atoms with E-state index < -0.39 is 0 Å². The van der Waals surface area contributed by atoms with Crippen LogP contribution in [0.1, 0.15) is 28.9 Å². The van der Waals surface area contributed by atoms with Crippen molar-refractivity contribution in [1.82, 2.24) is 19.7 Å². The van der Waals surface area contributed by atoms with Crippen molar-refractivity contribution in [3.8, 4) is 0 Å². The Balaban J connectivity index is 1.46. The van der Waals surface area contributed by atoms with Gasteiger partial charge in [-0.05, 0) is 55.0 Å². The van der Waals surface area contributed by atoms with Crippen LogP contribution >= 0.6 is 0 Å². The number of aromatic nitrogens is 3. The maximum atomic E-state index is 12.6. The third-order valence-corrected chi connectivity index (χ3v) is 4.93. The van der Waals surface area contributed by atoms with Crippen molar-refractivity contribution in [2.45, 2.75) is 19.3 Å². The SMILES string of the molecule is Cn1ccc(C(=O)N2CCCC(Cc3ccc4ncccc4c3)C2)n1. The Morgan fingerprint density at radius 1 is 1.28 bits per heavy atom. The second-order valence-corrected chi connectivity index (χ2v) is 6.87. The van der Waals surface area contributed by atoms with Gasteiger partial charge in [0.05, 0.1) is 5.52 Å². The van der Waals surface area contributed by atoms with Crippen molar-refractivity contribution in [2.24, 2.45) is 13.0 Å². The molecule has 1 unspecified atom stereocenters. The summed E-state index contributed by atoms with van der Waals surface area (Å²) in [5, 5.41) is 5.43. The van der Waals surface area contributed by atoms with E-state index in [1.165, 1.54) is 10.9 Å². The fourth-order valence-corrected chi connectivity index (χ4v) is 3.69. The van der Waals surface area contributed by atoms with Crippen LogP contribution in [0, 0.1) is 5.92 Å². The molecule has 3 aromatic rings. The fourth-order valence-electron chi connectivity index (χ4n) is 3.69. The molecular formula is C20H22N4O. The number of amides is 1. The number of hydrogen-bond acceptors (Lipinski definition) is 3. The highest BCUT2D eigenvalue weighted by Crippen LogP contribution is 2.23. The van der Waals surface area contributed by atoms with Gasteiger partial charge < -0.3 is 4.90 Å². The third-order valence-electron chi connectivity index (χ3n) is 4.93. The number of pyridine rings is 1. The van der Waals surface area contributed by atoms with Crippen molar-refractivity contribution in [3.05, 3.63) is 60.0 Å². The number of piperidine rings is 1. The van der Waals surface area contributed by atoms with Crippen LogP contribution in [0.15, 0.2) is 48.8 Å². The molecule has 1 saturated heterocycles. The lowest BCUT2D eigenvalue weighted by atomic mass is 9.90. The molecule has 4 rings (SSSR count). The number of carbonyl (C=O) groups is 1. The van der Waals surface area contributed by atoms with Gasteiger partial charge in [-0.3, -0.25) is 14.5 Å². The Bertz CT molecular complexity index is 901. The standard InChI is InChI=1S/C20H22N4O/c1-23-11-8-19(22-23)20(25)24-10-3-4-16(14-24)12-15-6-7-18-17(13-15)5-2-9-21-18/h2,5-9,11,13,16H,3-4,10,12,14H2,1H3. The first-order valence-electron chi connectivity index (χ1n) is 8.81. The van der Waals surface area contributed by atoms with Crippen molar-refractivity contribution < 1.29 is 4.79 Å². The number of carbonyl (C=O) groups excluding carboxylic acids is 1. The summed E-state index contributed by atoms with van der Waals surface area (Å²) in [6.07, 6.45) is 6.86. The van der Waals surface area contributed by atoms with Crippen LogP contribution in [-0.2, 0) is 13.5 Å². The average molecular weight is 334 g/mol. The highest BCUT2D eigenvalue weighted by molar-refractivity contribution is 5.92. The van der Waals surface area contributed by atoms with Crippen LogP contribution in [-0.4, -0.2) is 38.7 Å². The predicted molar refractivity (Wildman–Crippen MR) is 97.3 cm³/mol. The van der Waals surface area contributed by atoms with Gasteiger partial charge in [-0.25, -0.2) is 0 Å². The molecule has 5 nitrogen and oxygen atoms in total. The van der Waals surface area contributed by atoms with Crippen LogP contribution in [0.3, 0.4) is 0 Å². The van der Waals surface area contributed by atoms with Crippen molar-refractivity contribution in [3.63, 3.8) is 0 Å². The quantitative estimate of drug-likeness (QED) is 0.740. The molecule has 0 aliphatic carbocycles. The number of aryl methyl sites for hydroxylation is 1. The minimum absolute atomic E-state index is 0.0491. The molecule has 128 valence electrons. The van der Waals surface area contributed by atoms with Gasteiger partial charge in [-0.2, -0.15) is 5.10 Å². The summed E-state index contributed by atoms with van der Waals surface area (Å²) < 4.78 is 1.68. The van der Waals surface area contributed by atoms with E-state index in [-0.39, 0.29) is 5.91 Å². The molecule has 0 spiro atoms. The number of fused-ring (bicyclic) bond motifs is 1. The zero-order valence-electron chi connectivity index (χ0n) is 14.4. The van der Waals surface area contributed by atoms with E-state index in [1.54, 1.807) is 10.7 Å². The molecule has 0 bridgehead atoms. The molecule has 0 saturated carbocycles. The van der Waals surface area contributed by atoms with Crippen LogP contribution < -0.4 is 0 Å². The summed E-state index contributed by atoms with van der Waals surface area (Å²) in [7, 11) is 1.84. The number of likely N-dealkylation sites (tertiary alicyclic amines) is 1. The summed E-state index contributed by atoms with van der Waals surface area (Å²) in [6.45, 7) is 1.63. The lowest BCUT2D eigenvalue weighted by Crippen LogP contribution is -2.40. The predicted octanol–water partition coefficient (Wildman–Crippen LogP) is 3.06. The molecule has 1 atom stereocenters. The third kappa shape index (κ3) is 3.40. The lowest BCUT2D eigenvalue weighted by molar-refractivity contribution is 0.0666. The van der Waals surface area contributed by atoms with Gasteiger partial charge in [0.15, 0.2) is 0 Å². The van der Waals surface area contributed by atoms with Gasteiger partial charge >= 0.3 is 0 Å². The molecule has 5 heteroatoms. The molecule has 25 heavy (non-hydrogen) atoms.